The van der Waals surface area contributed by atoms with Gasteiger partial charge in [-0.15, -0.1) is 0 Å². The zero-order chi connectivity index (χ0) is 19.2. The molecule has 1 aromatic carbocycles. The van der Waals surface area contributed by atoms with Crippen LogP contribution in [0, 0.1) is 0 Å². The van der Waals surface area contributed by atoms with E-state index in [0.717, 1.165) is 35.4 Å². The summed E-state index contributed by atoms with van der Waals surface area (Å²) >= 11 is 0. The molecule has 2 aromatic rings. The van der Waals surface area contributed by atoms with Crippen molar-refractivity contribution >= 4 is 11.5 Å². The molecule has 5 nitrogen and oxygen atoms in total. The Morgan fingerprint density at radius 2 is 2.11 bits per heavy atom. The van der Waals surface area contributed by atoms with Crippen LogP contribution in [0.15, 0.2) is 54.9 Å². The van der Waals surface area contributed by atoms with E-state index >= 15 is 0 Å². The Hall–Kier alpha value is -2.66. The highest BCUT2D eigenvalue weighted by atomic mass is 16.5. The fourth-order valence-corrected chi connectivity index (χ4v) is 3.42. The number of aromatic nitrogens is 1. The van der Waals surface area contributed by atoms with Gasteiger partial charge in [0, 0.05) is 31.5 Å². The smallest absolute Gasteiger partial charge is 0.239 e. The lowest BCUT2D eigenvalue weighted by Gasteiger charge is -2.31. The summed E-state index contributed by atoms with van der Waals surface area (Å²) in [5.74, 6) is 0.946. The van der Waals surface area contributed by atoms with Crippen LogP contribution in [-0.2, 0) is 4.79 Å². The number of amides is 1. The molecule has 0 aliphatic carbocycles. The minimum atomic E-state index is -0.264. The third-order valence-corrected chi connectivity index (χ3v) is 4.96. The van der Waals surface area contributed by atoms with Crippen LogP contribution < -0.4 is 10.1 Å². The van der Waals surface area contributed by atoms with Gasteiger partial charge >= 0.3 is 0 Å². The monoisotopic (exact) mass is 365 g/mol. The molecule has 0 saturated heterocycles. The molecule has 0 spiro atoms. The van der Waals surface area contributed by atoms with Gasteiger partial charge in [0.2, 0.25) is 5.91 Å². The van der Waals surface area contributed by atoms with Crippen LogP contribution in [0.2, 0.25) is 0 Å². The summed E-state index contributed by atoms with van der Waals surface area (Å²) in [4.78, 5) is 19.1. The number of hydrogen-bond acceptors (Lipinski definition) is 4. The molecule has 0 bridgehead atoms. The molecule has 27 heavy (non-hydrogen) atoms. The number of rotatable bonds is 6. The molecule has 3 rings (SSSR count). The zero-order valence-electron chi connectivity index (χ0n) is 16.2. The van der Waals surface area contributed by atoms with E-state index in [4.69, 9.17) is 4.74 Å². The average molecular weight is 365 g/mol. The molecule has 1 aliphatic rings. The number of carbonyl (C=O) groups is 1. The minimum Gasteiger partial charge on any atom is -0.497 e. The Bertz CT molecular complexity index is 804. The van der Waals surface area contributed by atoms with Crippen molar-refractivity contribution in [3.05, 3.63) is 66.0 Å². The lowest BCUT2D eigenvalue weighted by atomic mass is 10.0. The first-order valence-corrected chi connectivity index (χ1v) is 9.36. The molecule has 142 valence electrons. The van der Waals surface area contributed by atoms with Crippen LogP contribution in [0.1, 0.15) is 37.4 Å². The fourth-order valence-electron chi connectivity index (χ4n) is 3.42. The van der Waals surface area contributed by atoms with Gasteiger partial charge in [-0.3, -0.25) is 15.1 Å². The molecule has 1 amide bonds. The van der Waals surface area contributed by atoms with Crippen LogP contribution in [0.5, 0.6) is 5.75 Å². The van der Waals surface area contributed by atoms with Gasteiger partial charge in [0.15, 0.2) is 0 Å². The van der Waals surface area contributed by atoms with E-state index in [2.05, 4.69) is 23.3 Å². The van der Waals surface area contributed by atoms with Gasteiger partial charge in [-0.25, -0.2) is 0 Å². The minimum absolute atomic E-state index is 0.0529. The first-order valence-electron chi connectivity index (χ1n) is 9.36. The molecule has 5 heteroatoms. The summed E-state index contributed by atoms with van der Waals surface area (Å²) in [5, 5.41) is 3.42. The van der Waals surface area contributed by atoms with E-state index in [0.29, 0.717) is 6.54 Å². The molecule has 1 aromatic heterocycles. The number of nitrogens with zero attached hydrogens (tertiary/aromatic N) is 2. The van der Waals surface area contributed by atoms with Crippen molar-refractivity contribution in [2.75, 3.05) is 20.2 Å². The molecule has 0 saturated carbocycles. The standard InChI is InChI=1S/C22H27N3O2/c1-16(18-7-4-10-21(13-18)27-3)24-17(2)22(26)25-12-6-9-20(15-25)19-8-5-11-23-14-19/h4-5,7-11,13-14,16-17,24H,6,12,15H2,1-3H3/t16-,17-/m1/s1. The molecule has 2 atom stereocenters. The quantitative estimate of drug-likeness (QED) is 0.852. The number of ether oxygens (including phenoxy) is 1. The Morgan fingerprint density at radius 3 is 2.85 bits per heavy atom. The van der Waals surface area contributed by atoms with E-state index in [1.807, 2.05) is 54.4 Å². The maximum Gasteiger partial charge on any atom is 0.239 e. The molecular weight excluding hydrogens is 338 g/mol. The lowest BCUT2D eigenvalue weighted by Crippen LogP contribution is -2.47. The van der Waals surface area contributed by atoms with E-state index in [1.165, 1.54) is 0 Å². The van der Waals surface area contributed by atoms with Gasteiger partial charge in [-0.05, 0) is 55.2 Å². The van der Waals surface area contributed by atoms with Crippen molar-refractivity contribution in [1.82, 2.24) is 15.2 Å². The van der Waals surface area contributed by atoms with Crippen molar-refractivity contribution in [1.29, 1.82) is 0 Å². The predicted molar refractivity (Wildman–Crippen MR) is 107 cm³/mol. The Kier molecular flexibility index (Phi) is 6.24. The number of benzene rings is 1. The van der Waals surface area contributed by atoms with E-state index < -0.39 is 0 Å². The largest absolute Gasteiger partial charge is 0.497 e. The van der Waals surface area contributed by atoms with Gasteiger partial charge in [-0.2, -0.15) is 0 Å². The molecule has 0 radical (unpaired) electrons. The summed E-state index contributed by atoms with van der Waals surface area (Å²) in [5.41, 5.74) is 3.35. The molecular formula is C22H27N3O2. The molecule has 0 unspecified atom stereocenters. The van der Waals surface area contributed by atoms with Gasteiger partial charge in [-0.1, -0.05) is 24.3 Å². The van der Waals surface area contributed by atoms with E-state index in [1.54, 1.807) is 13.3 Å². The van der Waals surface area contributed by atoms with E-state index in [-0.39, 0.29) is 18.0 Å². The first kappa shape index (κ1) is 19.1. The van der Waals surface area contributed by atoms with Crippen LogP contribution in [0.25, 0.3) is 5.57 Å². The number of methoxy groups -OCH3 is 1. The average Bonchev–Trinajstić information content (AvgIpc) is 2.73. The highest BCUT2D eigenvalue weighted by Crippen LogP contribution is 2.22. The van der Waals surface area contributed by atoms with Crippen molar-refractivity contribution < 1.29 is 9.53 Å². The van der Waals surface area contributed by atoms with Crippen LogP contribution >= 0.6 is 0 Å². The number of hydrogen-bond donors (Lipinski definition) is 1. The summed E-state index contributed by atoms with van der Waals surface area (Å²) in [7, 11) is 1.66. The van der Waals surface area contributed by atoms with Crippen LogP contribution in [0.4, 0.5) is 0 Å². The lowest BCUT2D eigenvalue weighted by molar-refractivity contribution is -0.132. The van der Waals surface area contributed by atoms with Gasteiger partial charge in [0.05, 0.1) is 13.2 Å². The summed E-state index contributed by atoms with van der Waals surface area (Å²) in [6.07, 6.45) is 6.69. The summed E-state index contributed by atoms with van der Waals surface area (Å²) in [6.45, 7) is 5.38. The van der Waals surface area contributed by atoms with Crippen molar-refractivity contribution in [2.24, 2.45) is 0 Å². The highest BCUT2D eigenvalue weighted by Gasteiger charge is 2.25. The van der Waals surface area contributed by atoms with Crippen molar-refractivity contribution in [3.63, 3.8) is 0 Å². The molecule has 1 N–H and O–H groups in total. The second-order valence-corrected chi connectivity index (χ2v) is 6.91. The molecule has 0 fully saturated rings. The maximum absolute atomic E-state index is 13.0. The van der Waals surface area contributed by atoms with Crippen molar-refractivity contribution in [3.8, 4) is 5.75 Å². The zero-order valence-corrected chi connectivity index (χ0v) is 16.2. The Balaban J connectivity index is 1.62. The Labute approximate surface area is 161 Å². The first-order chi connectivity index (χ1) is 13.1. The third-order valence-electron chi connectivity index (χ3n) is 4.96. The summed E-state index contributed by atoms with van der Waals surface area (Å²) < 4.78 is 5.29. The maximum atomic E-state index is 13.0. The SMILES string of the molecule is COc1cccc([C@@H](C)N[C@H](C)C(=O)N2CCC=C(c3cccnc3)C2)c1. The number of nitrogens with one attached hydrogen (secondary N) is 1. The van der Waals surface area contributed by atoms with Crippen molar-refractivity contribution in [2.45, 2.75) is 32.4 Å². The molecule has 1 aliphatic heterocycles. The van der Waals surface area contributed by atoms with Gasteiger partial charge in [0.25, 0.3) is 0 Å². The van der Waals surface area contributed by atoms with Crippen LogP contribution in [-0.4, -0.2) is 42.0 Å². The second-order valence-electron chi connectivity index (χ2n) is 6.91. The topological polar surface area (TPSA) is 54.5 Å². The summed E-state index contributed by atoms with van der Waals surface area (Å²) in [6, 6.07) is 11.7. The fraction of sp³-hybridized carbons (Fsp3) is 0.364. The normalized spacial score (nSPS) is 16.4. The number of pyridine rings is 1. The Morgan fingerprint density at radius 1 is 1.26 bits per heavy atom. The van der Waals surface area contributed by atoms with Gasteiger partial charge in [0.1, 0.15) is 5.75 Å². The molecule has 2 heterocycles. The van der Waals surface area contributed by atoms with Gasteiger partial charge < -0.3 is 9.64 Å². The third kappa shape index (κ3) is 4.74. The number of carbonyl (C=O) groups excluding carboxylic acids is 1. The second kappa shape index (κ2) is 8.82. The predicted octanol–water partition coefficient (Wildman–Crippen LogP) is 3.45. The highest BCUT2D eigenvalue weighted by molar-refractivity contribution is 5.84. The van der Waals surface area contributed by atoms with E-state index in [9.17, 15) is 4.79 Å². The van der Waals surface area contributed by atoms with Crippen LogP contribution in [0.3, 0.4) is 0 Å².